The SMILES string of the molecule is CCCOCCn1c(=O)c(C#N)c(NC2CN(C(=O)CCl)C2)c2ccccc21. The van der Waals surface area contributed by atoms with Crippen molar-refractivity contribution in [3.8, 4) is 6.07 Å². The number of aromatic nitrogens is 1. The normalized spacial score (nSPS) is 14.0. The Morgan fingerprint density at radius 1 is 1.36 bits per heavy atom. The number of carbonyl (C=O) groups is 1. The van der Waals surface area contributed by atoms with Gasteiger partial charge in [-0.1, -0.05) is 25.1 Å². The second-order valence-electron chi connectivity index (χ2n) is 6.72. The van der Waals surface area contributed by atoms with Crippen LogP contribution in [0.5, 0.6) is 0 Å². The number of nitriles is 1. The van der Waals surface area contributed by atoms with Gasteiger partial charge >= 0.3 is 0 Å². The summed E-state index contributed by atoms with van der Waals surface area (Å²) in [4.78, 5) is 26.2. The van der Waals surface area contributed by atoms with Gasteiger partial charge in [0.2, 0.25) is 5.91 Å². The lowest BCUT2D eigenvalue weighted by molar-refractivity contribution is -0.132. The van der Waals surface area contributed by atoms with Crippen LogP contribution in [0.1, 0.15) is 18.9 Å². The van der Waals surface area contributed by atoms with Crippen molar-refractivity contribution in [2.24, 2.45) is 0 Å². The number of pyridine rings is 1. The number of amides is 1. The second-order valence-corrected chi connectivity index (χ2v) is 6.99. The second kappa shape index (κ2) is 9.09. The number of benzene rings is 1. The number of ether oxygens (including phenoxy) is 1. The fourth-order valence-electron chi connectivity index (χ4n) is 3.35. The Balaban J connectivity index is 1.92. The fourth-order valence-corrected chi connectivity index (χ4v) is 3.52. The third-order valence-corrected chi connectivity index (χ3v) is 5.02. The molecule has 1 N–H and O–H groups in total. The third kappa shape index (κ3) is 3.98. The number of rotatable bonds is 8. The molecular formula is C20H23ClN4O3. The number of para-hydroxylation sites is 1. The van der Waals surface area contributed by atoms with E-state index in [0.717, 1.165) is 17.3 Å². The van der Waals surface area contributed by atoms with E-state index in [-0.39, 0.29) is 29.0 Å². The topological polar surface area (TPSA) is 87.4 Å². The lowest BCUT2D eigenvalue weighted by atomic mass is 10.0. The van der Waals surface area contributed by atoms with Crippen molar-refractivity contribution in [2.45, 2.75) is 25.9 Å². The van der Waals surface area contributed by atoms with E-state index >= 15 is 0 Å². The van der Waals surface area contributed by atoms with Crippen LogP contribution in [-0.2, 0) is 16.1 Å². The highest BCUT2D eigenvalue weighted by molar-refractivity contribution is 6.27. The molecule has 0 saturated carbocycles. The number of hydrogen-bond donors (Lipinski definition) is 1. The average Bonchev–Trinajstić information content (AvgIpc) is 2.68. The summed E-state index contributed by atoms with van der Waals surface area (Å²) in [7, 11) is 0. The largest absolute Gasteiger partial charge is 0.380 e. The Morgan fingerprint density at radius 2 is 2.11 bits per heavy atom. The Labute approximate surface area is 168 Å². The van der Waals surface area contributed by atoms with Crippen molar-refractivity contribution >= 4 is 34.1 Å². The van der Waals surface area contributed by atoms with Gasteiger partial charge in [-0.2, -0.15) is 5.26 Å². The number of fused-ring (bicyclic) bond motifs is 1. The lowest BCUT2D eigenvalue weighted by Gasteiger charge is -2.40. The monoisotopic (exact) mass is 402 g/mol. The number of nitrogens with zero attached hydrogens (tertiary/aromatic N) is 3. The van der Waals surface area contributed by atoms with Crippen LogP contribution < -0.4 is 10.9 Å². The first-order valence-corrected chi connectivity index (χ1v) is 9.87. The van der Waals surface area contributed by atoms with Gasteiger partial charge in [0.1, 0.15) is 17.5 Å². The molecule has 7 nitrogen and oxygen atoms in total. The van der Waals surface area contributed by atoms with E-state index in [0.29, 0.717) is 38.5 Å². The molecule has 0 spiro atoms. The third-order valence-electron chi connectivity index (χ3n) is 4.79. The number of carbonyl (C=O) groups excluding carboxylic acids is 1. The van der Waals surface area contributed by atoms with Crippen LogP contribution in [0.3, 0.4) is 0 Å². The highest BCUT2D eigenvalue weighted by Crippen LogP contribution is 2.27. The first-order chi connectivity index (χ1) is 13.6. The van der Waals surface area contributed by atoms with Crippen LogP contribution in [0.15, 0.2) is 29.1 Å². The molecular weight excluding hydrogens is 380 g/mol. The quantitative estimate of drug-likeness (QED) is 0.540. The predicted octanol–water partition coefficient (Wildman–Crippen LogP) is 2.16. The Morgan fingerprint density at radius 3 is 2.79 bits per heavy atom. The maximum absolute atomic E-state index is 13.0. The summed E-state index contributed by atoms with van der Waals surface area (Å²) in [5, 5.41) is 13.8. The van der Waals surface area contributed by atoms with Crippen LogP contribution in [0.25, 0.3) is 10.9 Å². The summed E-state index contributed by atoms with van der Waals surface area (Å²) in [5.74, 6) is -0.164. The van der Waals surface area contributed by atoms with Crippen LogP contribution in [0.2, 0.25) is 0 Å². The number of halogens is 1. The molecule has 1 saturated heterocycles. The molecule has 1 aliphatic rings. The molecule has 1 amide bonds. The molecule has 2 aromatic rings. The van der Waals surface area contributed by atoms with Gasteiger partial charge in [0, 0.05) is 31.6 Å². The molecule has 0 aliphatic carbocycles. The van der Waals surface area contributed by atoms with Gasteiger partial charge in [-0.05, 0) is 12.5 Å². The van der Waals surface area contributed by atoms with Gasteiger partial charge in [0.25, 0.3) is 5.56 Å². The van der Waals surface area contributed by atoms with Crippen molar-refractivity contribution in [3.05, 3.63) is 40.2 Å². The number of hydrogen-bond acceptors (Lipinski definition) is 5. The zero-order valence-electron chi connectivity index (χ0n) is 15.8. The molecule has 0 atom stereocenters. The van der Waals surface area contributed by atoms with E-state index in [1.165, 1.54) is 0 Å². The Hall–Kier alpha value is -2.56. The molecule has 0 unspecified atom stereocenters. The van der Waals surface area contributed by atoms with Gasteiger partial charge in [0.15, 0.2) is 0 Å². The van der Waals surface area contributed by atoms with Crippen LogP contribution >= 0.6 is 11.6 Å². The molecule has 0 bridgehead atoms. The lowest BCUT2D eigenvalue weighted by Crippen LogP contribution is -2.57. The van der Waals surface area contributed by atoms with Gasteiger partial charge in [0.05, 0.1) is 23.9 Å². The van der Waals surface area contributed by atoms with Crippen molar-refractivity contribution in [3.63, 3.8) is 0 Å². The molecule has 1 fully saturated rings. The zero-order chi connectivity index (χ0) is 20.1. The number of anilines is 1. The Bertz CT molecular complexity index is 960. The maximum Gasteiger partial charge on any atom is 0.271 e. The van der Waals surface area contributed by atoms with E-state index in [9.17, 15) is 14.9 Å². The fraction of sp³-hybridized carbons (Fsp3) is 0.450. The highest BCUT2D eigenvalue weighted by Gasteiger charge is 2.31. The minimum absolute atomic E-state index is 0.0224. The van der Waals surface area contributed by atoms with Crippen molar-refractivity contribution in [2.75, 3.05) is 37.5 Å². The summed E-state index contributed by atoms with van der Waals surface area (Å²) < 4.78 is 7.12. The number of likely N-dealkylation sites (tertiary alicyclic amines) is 1. The average molecular weight is 403 g/mol. The highest BCUT2D eigenvalue weighted by atomic mass is 35.5. The minimum Gasteiger partial charge on any atom is -0.380 e. The van der Waals surface area contributed by atoms with E-state index < -0.39 is 0 Å². The molecule has 3 rings (SSSR count). The van der Waals surface area contributed by atoms with Crippen molar-refractivity contribution in [1.29, 1.82) is 5.26 Å². The summed E-state index contributed by atoms with van der Waals surface area (Å²) in [5.41, 5.74) is 1.02. The maximum atomic E-state index is 13.0. The van der Waals surface area contributed by atoms with E-state index in [1.807, 2.05) is 31.2 Å². The van der Waals surface area contributed by atoms with Crippen molar-refractivity contribution in [1.82, 2.24) is 9.47 Å². The summed E-state index contributed by atoms with van der Waals surface area (Å²) in [6.07, 6.45) is 0.909. The molecule has 28 heavy (non-hydrogen) atoms. The molecule has 148 valence electrons. The van der Waals surface area contributed by atoms with Gasteiger partial charge in [-0.15, -0.1) is 11.6 Å². The summed E-state index contributed by atoms with van der Waals surface area (Å²) >= 11 is 5.58. The van der Waals surface area contributed by atoms with Crippen LogP contribution in [0.4, 0.5) is 5.69 Å². The molecule has 2 heterocycles. The molecule has 8 heteroatoms. The standard InChI is InChI=1S/C20H23ClN4O3/c1-2-8-28-9-7-25-17-6-4-3-5-15(17)19(16(11-22)20(25)27)23-14-12-24(13-14)18(26)10-21/h3-6,14,23H,2,7-10,12-13H2,1H3. The van der Waals surface area contributed by atoms with Crippen molar-refractivity contribution < 1.29 is 9.53 Å². The summed E-state index contributed by atoms with van der Waals surface area (Å²) in [6, 6.07) is 9.54. The number of alkyl halides is 1. The number of nitrogens with one attached hydrogen (secondary N) is 1. The van der Waals surface area contributed by atoms with Gasteiger partial charge in [-0.25, -0.2) is 0 Å². The van der Waals surface area contributed by atoms with E-state index in [4.69, 9.17) is 16.3 Å². The van der Waals surface area contributed by atoms with E-state index in [2.05, 4.69) is 11.4 Å². The van der Waals surface area contributed by atoms with Crippen LogP contribution in [-0.4, -0.2) is 53.6 Å². The van der Waals surface area contributed by atoms with Crippen LogP contribution in [0, 0.1) is 11.3 Å². The van der Waals surface area contributed by atoms with E-state index in [1.54, 1.807) is 9.47 Å². The first kappa shape index (κ1) is 20.2. The van der Waals surface area contributed by atoms with Gasteiger partial charge < -0.3 is 19.5 Å². The zero-order valence-corrected chi connectivity index (χ0v) is 16.5. The molecule has 0 radical (unpaired) electrons. The molecule has 1 aromatic heterocycles. The van der Waals surface area contributed by atoms with Gasteiger partial charge in [-0.3, -0.25) is 9.59 Å². The summed E-state index contributed by atoms with van der Waals surface area (Å²) in [6.45, 7) is 4.45. The first-order valence-electron chi connectivity index (χ1n) is 9.34. The Kier molecular flexibility index (Phi) is 6.55. The molecule has 1 aromatic carbocycles. The smallest absolute Gasteiger partial charge is 0.271 e. The minimum atomic E-state index is -0.336. The molecule has 1 aliphatic heterocycles. The predicted molar refractivity (Wildman–Crippen MR) is 109 cm³/mol.